The lowest BCUT2D eigenvalue weighted by Gasteiger charge is -2.15. The molecule has 0 aliphatic heterocycles. The third kappa shape index (κ3) is 3.15. The lowest BCUT2D eigenvalue weighted by atomic mass is 10.2. The summed E-state index contributed by atoms with van der Waals surface area (Å²) in [6.45, 7) is 0.508. The van der Waals surface area contributed by atoms with Gasteiger partial charge in [0.1, 0.15) is 0 Å². The van der Waals surface area contributed by atoms with E-state index in [9.17, 15) is 4.79 Å². The van der Waals surface area contributed by atoms with Gasteiger partial charge in [-0.2, -0.15) is 0 Å². The predicted molar refractivity (Wildman–Crippen MR) is 73.7 cm³/mol. The molecule has 1 amide bonds. The van der Waals surface area contributed by atoms with Crippen LogP contribution in [-0.2, 0) is 6.54 Å². The average Bonchev–Trinajstić information content (AvgIpc) is 2.78. The van der Waals surface area contributed by atoms with E-state index in [1.54, 1.807) is 36.2 Å². The molecule has 0 aliphatic rings. The first-order valence-corrected chi connectivity index (χ1v) is 6.48. The molecule has 1 aromatic heterocycles. The van der Waals surface area contributed by atoms with Crippen LogP contribution in [0.15, 0.2) is 45.5 Å². The maximum atomic E-state index is 12.0. The Balaban J connectivity index is 2.05. The highest BCUT2D eigenvalue weighted by molar-refractivity contribution is 9.10. The summed E-state index contributed by atoms with van der Waals surface area (Å²) >= 11 is 8.98. The molecule has 0 fully saturated rings. The zero-order chi connectivity index (χ0) is 13.1. The molecule has 2 rings (SSSR count). The highest BCUT2D eigenvalue weighted by Gasteiger charge is 2.15. The third-order valence-electron chi connectivity index (χ3n) is 2.46. The maximum absolute atomic E-state index is 12.0. The van der Waals surface area contributed by atoms with Crippen molar-refractivity contribution in [3.05, 3.63) is 57.4 Å². The molecule has 0 saturated carbocycles. The first-order valence-electron chi connectivity index (χ1n) is 5.31. The molecule has 1 heterocycles. The Bertz CT molecular complexity index is 550. The predicted octanol–water partition coefficient (Wildman–Crippen LogP) is 3.97. The molecule has 0 aliphatic carbocycles. The van der Waals surface area contributed by atoms with Crippen molar-refractivity contribution in [2.75, 3.05) is 7.05 Å². The molecule has 0 spiro atoms. The maximum Gasteiger partial charge on any atom is 0.289 e. The van der Waals surface area contributed by atoms with Gasteiger partial charge in [0.2, 0.25) is 0 Å². The number of carbonyl (C=O) groups excluding carboxylic acids is 1. The number of carbonyl (C=O) groups is 1. The molecule has 18 heavy (non-hydrogen) atoms. The minimum absolute atomic E-state index is 0.157. The summed E-state index contributed by atoms with van der Waals surface area (Å²) in [6.07, 6.45) is 0. The van der Waals surface area contributed by atoms with E-state index in [-0.39, 0.29) is 5.91 Å². The van der Waals surface area contributed by atoms with E-state index in [4.69, 9.17) is 16.0 Å². The van der Waals surface area contributed by atoms with Crippen LogP contribution in [0.2, 0.25) is 5.02 Å². The second-order valence-corrected chi connectivity index (χ2v) is 5.11. The SMILES string of the molecule is CN(Cc1ccc(Cl)cc1)C(=O)c1ccc(Br)o1. The molecule has 0 N–H and O–H groups in total. The van der Waals surface area contributed by atoms with E-state index in [0.29, 0.717) is 22.0 Å². The molecule has 0 atom stereocenters. The van der Waals surface area contributed by atoms with Crippen LogP contribution in [0.4, 0.5) is 0 Å². The zero-order valence-corrected chi connectivity index (χ0v) is 12.0. The van der Waals surface area contributed by atoms with Crippen LogP contribution in [0.5, 0.6) is 0 Å². The number of halogens is 2. The molecule has 3 nitrogen and oxygen atoms in total. The fourth-order valence-electron chi connectivity index (χ4n) is 1.55. The van der Waals surface area contributed by atoms with Crippen LogP contribution in [0.3, 0.4) is 0 Å². The summed E-state index contributed by atoms with van der Waals surface area (Å²) in [5.41, 5.74) is 1.01. The molecule has 0 bridgehead atoms. The van der Waals surface area contributed by atoms with Crippen LogP contribution in [0.1, 0.15) is 16.1 Å². The average molecular weight is 329 g/mol. The molecule has 0 radical (unpaired) electrons. The number of amides is 1. The van der Waals surface area contributed by atoms with Gasteiger partial charge < -0.3 is 9.32 Å². The Morgan fingerprint density at radius 1 is 1.28 bits per heavy atom. The van der Waals surface area contributed by atoms with Gasteiger partial charge in [-0.15, -0.1) is 0 Å². The Labute approximate surface area is 118 Å². The van der Waals surface area contributed by atoms with Gasteiger partial charge in [0, 0.05) is 18.6 Å². The molecule has 0 unspecified atom stereocenters. The highest BCUT2D eigenvalue weighted by Crippen LogP contribution is 2.17. The minimum atomic E-state index is -0.157. The van der Waals surface area contributed by atoms with E-state index in [1.165, 1.54) is 0 Å². The molecule has 1 aromatic carbocycles. The largest absolute Gasteiger partial charge is 0.444 e. The van der Waals surface area contributed by atoms with E-state index in [1.807, 2.05) is 12.1 Å². The summed E-state index contributed by atoms with van der Waals surface area (Å²) < 4.78 is 5.77. The van der Waals surface area contributed by atoms with Gasteiger partial charge in [-0.3, -0.25) is 4.79 Å². The number of hydrogen-bond acceptors (Lipinski definition) is 2. The van der Waals surface area contributed by atoms with Gasteiger partial charge in [0.05, 0.1) is 0 Å². The molecular weight excluding hydrogens is 318 g/mol. The monoisotopic (exact) mass is 327 g/mol. The lowest BCUT2D eigenvalue weighted by Crippen LogP contribution is -2.25. The van der Waals surface area contributed by atoms with Crippen LogP contribution in [0, 0.1) is 0 Å². The van der Waals surface area contributed by atoms with E-state index in [0.717, 1.165) is 5.56 Å². The van der Waals surface area contributed by atoms with Gasteiger partial charge in [0.15, 0.2) is 10.4 Å². The van der Waals surface area contributed by atoms with Crippen molar-refractivity contribution in [2.24, 2.45) is 0 Å². The van der Waals surface area contributed by atoms with Crippen LogP contribution >= 0.6 is 27.5 Å². The lowest BCUT2D eigenvalue weighted by molar-refractivity contribution is 0.0752. The number of nitrogens with zero attached hydrogens (tertiary/aromatic N) is 1. The summed E-state index contributed by atoms with van der Waals surface area (Å²) in [5, 5.41) is 0.683. The summed E-state index contributed by atoms with van der Waals surface area (Å²) in [7, 11) is 1.73. The Morgan fingerprint density at radius 2 is 1.94 bits per heavy atom. The fourth-order valence-corrected chi connectivity index (χ4v) is 1.99. The minimum Gasteiger partial charge on any atom is -0.444 e. The van der Waals surface area contributed by atoms with E-state index >= 15 is 0 Å². The van der Waals surface area contributed by atoms with Crippen molar-refractivity contribution in [3.8, 4) is 0 Å². The summed E-state index contributed by atoms with van der Waals surface area (Å²) in [6, 6.07) is 10.7. The number of furan rings is 1. The Morgan fingerprint density at radius 3 is 2.50 bits per heavy atom. The van der Waals surface area contributed by atoms with Crippen molar-refractivity contribution in [1.29, 1.82) is 0 Å². The molecule has 2 aromatic rings. The molecular formula is C13H11BrClNO2. The molecule has 5 heteroatoms. The standard InChI is InChI=1S/C13H11BrClNO2/c1-16(8-9-2-4-10(15)5-3-9)13(17)11-6-7-12(14)18-11/h2-7H,8H2,1H3. The second-order valence-electron chi connectivity index (χ2n) is 3.89. The highest BCUT2D eigenvalue weighted by atomic mass is 79.9. The van der Waals surface area contributed by atoms with Gasteiger partial charge in [-0.25, -0.2) is 0 Å². The van der Waals surface area contributed by atoms with Gasteiger partial charge in [-0.1, -0.05) is 23.7 Å². The first kappa shape index (κ1) is 13.2. The van der Waals surface area contributed by atoms with Gasteiger partial charge in [0.25, 0.3) is 5.91 Å². The number of rotatable bonds is 3. The zero-order valence-electron chi connectivity index (χ0n) is 9.69. The molecule has 0 saturated heterocycles. The number of benzene rings is 1. The second kappa shape index (κ2) is 5.59. The topological polar surface area (TPSA) is 33.5 Å². The normalized spacial score (nSPS) is 10.4. The van der Waals surface area contributed by atoms with E-state index < -0.39 is 0 Å². The van der Waals surface area contributed by atoms with Crippen molar-refractivity contribution in [2.45, 2.75) is 6.54 Å². The van der Waals surface area contributed by atoms with Gasteiger partial charge in [-0.05, 0) is 45.8 Å². The summed E-state index contributed by atoms with van der Waals surface area (Å²) in [4.78, 5) is 13.6. The van der Waals surface area contributed by atoms with Crippen molar-refractivity contribution >= 4 is 33.4 Å². The van der Waals surface area contributed by atoms with Crippen molar-refractivity contribution in [1.82, 2.24) is 4.90 Å². The molecule has 94 valence electrons. The third-order valence-corrected chi connectivity index (χ3v) is 3.14. The quantitative estimate of drug-likeness (QED) is 0.854. The van der Waals surface area contributed by atoms with Crippen molar-refractivity contribution < 1.29 is 9.21 Å². The smallest absolute Gasteiger partial charge is 0.289 e. The fraction of sp³-hybridized carbons (Fsp3) is 0.154. The van der Waals surface area contributed by atoms with Crippen LogP contribution < -0.4 is 0 Å². The van der Waals surface area contributed by atoms with Crippen LogP contribution in [0.25, 0.3) is 0 Å². The van der Waals surface area contributed by atoms with Crippen molar-refractivity contribution in [3.63, 3.8) is 0 Å². The number of hydrogen-bond donors (Lipinski definition) is 0. The van der Waals surface area contributed by atoms with Gasteiger partial charge >= 0.3 is 0 Å². The Hall–Kier alpha value is -1.26. The Kier molecular flexibility index (Phi) is 4.09. The van der Waals surface area contributed by atoms with Crippen LogP contribution in [-0.4, -0.2) is 17.9 Å². The summed E-state index contributed by atoms with van der Waals surface area (Å²) in [5.74, 6) is 0.161. The van der Waals surface area contributed by atoms with E-state index in [2.05, 4.69) is 15.9 Å². The first-order chi connectivity index (χ1) is 8.56.